The molecule has 0 spiro atoms. The van der Waals surface area contributed by atoms with Crippen molar-refractivity contribution < 1.29 is 0 Å². The molecule has 0 amide bonds. The number of piperidine rings is 1. The normalized spacial score (nSPS) is 17.2. The third-order valence-electron chi connectivity index (χ3n) is 2.85. The molecule has 0 saturated carbocycles. The standard InChI is InChI=1S/C11H18N4.C2H6/c1-9-3-6-12-11(13-9)14-10-4-7-15(2)8-5-10;1-2/h3,6,10H,4-5,7-8H2,1-2H3,(H,12,13,14);1-2H3. The van der Waals surface area contributed by atoms with Gasteiger partial charge in [-0.2, -0.15) is 0 Å². The summed E-state index contributed by atoms with van der Waals surface area (Å²) < 4.78 is 0. The number of nitrogens with one attached hydrogen (secondary N) is 1. The Morgan fingerprint density at radius 2 is 1.94 bits per heavy atom. The molecule has 0 radical (unpaired) electrons. The summed E-state index contributed by atoms with van der Waals surface area (Å²) in [4.78, 5) is 10.9. The van der Waals surface area contributed by atoms with E-state index in [0.29, 0.717) is 6.04 Å². The molecule has 1 aromatic rings. The Hall–Kier alpha value is -1.16. The van der Waals surface area contributed by atoms with E-state index in [1.807, 2.05) is 26.8 Å². The highest BCUT2D eigenvalue weighted by molar-refractivity contribution is 5.26. The lowest BCUT2D eigenvalue weighted by molar-refractivity contribution is 0.263. The molecule has 4 heteroatoms. The van der Waals surface area contributed by atoms with Crippen LogP contribution in [0.5, 0.6) is 0 Å². The fourth-order valence-electron chi connectivity index (χ4n) is 1.85. The summed E-state index contributed by atoms with van der Waals surface area (Å²) in [5.74, 6) is 0.768. The van der Waals surface area contributed by atoms with Crippen LogP contribution in [0.1, 0.15) is 32.4 Å². The predicted octanol–water partition coefficient (Wildman–Crippen LogP) is 2.32. The molecule has 0 atom stereocenters. The van der Waals surface area contributed by atoms with Gasteiger partial charge in [-0.05, 0) is 46.0 Å². The average molecular weight is 236 g/mol. The van der Waals surface area contributed by atoms with Crippen molar-refractivity contribution in [3.8, 4) is 0 Å². The lowest BCUT2D eigenvalue weighted by Gasteiger charge is -2.29. The van der Waals surface area contributed by atoms with Crippen LogP contribution in [0.2, 0.25) is 0 Å². The van der Waals surface area contributed by atoms with Gasteiger partial charge in [-0.15, -0.1) is 0 Å². The minimum absolute atomic E-state index is 0.531. The highest BCUT2D eigenvalue weighted by Crippen LogP contribution is 2.12. The maximum absolute atomic E-state index is 4.35. The van der Waals surface area contributed by atoms with Crippen molar-refractivity contribution >= 4 is 5.95 Å². The molecule has 96 valence electrons. The van der Waals surface area contributed by atoms with Crippen LogP contribution in [0.3, 0.4) is 0 Å². The van der Waals surface area contributed by atoms with Crippen LogP contribution >= 0.6 is 0 Å². The topological polar surface area (TPSA) is 41.1 Å². The molecular formula is C13H24N4. The van der Waals surface area contributed by atoms with Gasteiger partial charge in [0.25, 0.3) is 0 Å². The molecule has 1 fully saturated rings. The molecule has 1 aliphatic rings. The van der Waals surface area contributed by atoms with Gasteiger partial charge in [-0.1, -0.05) is 13.8 Å². The monoisotopic (exact) mass is 236 g/mol. The fourth-order valence-corrected chi connectivity index (χ4v) is 1.85. The van der Waals surface area contributed by atoms with E-state index in [2.05, 4.69) is 27.2 Å². The molecule has 4 nitrogen and oxygen atoms in total. The van der Waals surface area contributed by atoms with E-state index < -0.39 is 0 Å². The average Bonchev–Trinajstić information content (AvgIpc) is 2.35. The van der Waals surface area contributed by atoms with Crippen LogP contribution in [0.4, 0.5) is 5.95 Å². The van der Waals surface area contributed by atoms with E-state index in [1.165, 1.54) is 12.8 Å². The molecule has 1 aromatic heterocycles. The Kier molecular flexibility index (Phi) is 5.91. The van der Waals surface area contributed by atoms with Crippen LogP contribution in [0, 0.1) is 6.92 Å². The lowest BCUT2D eigenvalue weighted by atomic mass is 10.1. The Labute approximate surface area is 104 Å². The van der Waals surface area contributed by atoms with E-state index in [-0.39, 0.29) is 0 Å². The van der Waals surface area contributed by atoms with Crippen molar-refractivity contribution in [2.24, 2.45) is 0 Å². The maximum Gasteiger partial charge on any atom is 0.223 e. The van der Waals surface area contributed by atoms with Gasteiger partial charge >= 0.3 is 0 Å². The SMILES string of the molecule is CC.Cc1ccnc(NC2CCN(C)CC2)n1. The van der Waals surface area contributed by atoms with Crippen LogP contribution in [0.15, 0.2) is 12.3 Å². The van der Waals surface area contributed by atoms with Crippen molar-refractivity contribution in [1.82, 2.24) is 14.9 Å². The molecule has 0 unspecified atom stereocenters. The quantitative estimate of drug-likeness (QED) is 0.855. The zero-order valence-corrected chi connectivity index (χ0v) is 11.4. The van der Waals surface area contributed by atoms with Crippen molar-refractivity contribution in [3.63, 3.8) is 0 Å². The molecule has 0 aliphatic carbocycles. The van der Waals surface area contributed by atoms with E-state index in [9.17, 15) is 0 Å². The second-order valence-corrected chi connectivity index (χ2v) is 4.24. The van der Waals surface area contributed by atoms with Gasteiger partial charge in [0.05, 0.1) is 0 Å². The minimum Gasteiger partial charge on any atom is -0.351 e. The van der Waals surface area contributed by atoms with E-state index in [1.54, 1.807) is 6.20 Å². The first kappa shape index (κ1) is 13.9. The summed E-state index contributed by atoms with van der Waals surface area (Å²) in [5, 5.41) is 3.39. The van der Waals surface area contributed by atoms with Crippen LogP contribution in [0.25, 0.3) is 0 Å². The summed E-state index contributed by atoms with van der Waals surface area (Å²) >= 11 is 0. The summed E-state index contributed by atoms with van der Waals surface area (Å²) in [6.45, 7) is 8.30. The minimum atomic E-state index is 0.531. The molecule has 2 rings (SSSR count). The third kappa shape index (κ3) is 4.69. The van der Waals surface area contributed by atoms with Gasteiger partial charge < -0.3 is 10.2 Å². The summed E-state index contributed by atoms with van der Waals surface area (Å²) in [5.41, 5.74) is 1.01. The van der Waals surface area contributed by atoms with Gasteiger partial charge in [0.2, 0.25) is 5.95 Å². The second-order valence-electron chi connectivity index (χ2n) is 4.24. The first-order valence-electron chi connectivity index (χ1n) is 6.49. The van der Waals surface area contributed by atoms with Gasteiger partial charge in [0.15, 0.2) is 0 Å². The van der Waals surface area contributed by atoms with E-state index >= 15 is 0 Å². The summed E-state index contributed by atoms with van der Waals surface area (Å²) in [6.07, 6.45) is 4.15. The van der Waals surface area contributed by atoms with Gasteiger partial charge in [-0.3, -0.25) is 0 Å². The summed E-state index contributed by atoms with van der Waals surface area (Å²) in [6, 6.07) is 2.45. The number of hydrogen-bond donors (Lipinski definition) is 1. The Morgan fingerprint density at radius 3 is 2.53 bits per heavy atom. The molecule has 0 bridgehead atoms. The number of hydrogen-bond acceptors (Lipinski definition) is 4. The molecule has 0 aromatic carbocycles. The van der Waals surface area contributed by atoms with Gasteiger partial charge in [0, 0.05) is 17.9 Å². The van der Waals surface area contributed by atoms with Crippen molar-refractivity contribution in [2.45, 2.75) is 39.7 Å². The van der Waals surface area contributed by atoms with Crippen LogP contribution in [-0.2, 0) is 0 Å². The van der Waals surface area contributed by atoms with E-state index in [0.717, 1.165) is 24.7 Å². The molecule has 1 aliphatic heterocycles. The van der Waals surface area contributed by atoms with Gasteiger partial charge in [0.1, 0.15) is 0 Å². The molecule has 1 N–H and O–H groups in total. The number of nitrogens with zero attached hydrogens (tertiary/aromatic N) is 3. The number of aromatic nitrogens is 2. The largest absolute Gasteiger partial charge is 0.351 e. The first-order chi connectivity index (χ1) is 8.24. The van der Waals surface area contributed by atoms with Crippen molar-refractivity contribution in [1.29, 1.82) is 0 Å². The second kappa shape index (κ2) is 7.22. The van der Waals surface area contributed by atoms with Crippen LogP contribution < -0.4 is 5.32 Å². The van der Waals surface area contributed by atoms with Crippen LogP contribution in [-0.4, -0.2) is 41.0 Å². The lowest BCUT2D eigenvalue weighted by Crippen LogP contribution is -2.37. The molecule has 17 heavy (non-hydrogen) atoms. The third-order valence-corrected chi connectivity index (χ3v) is 2.85. The first-order valence-corrected chi connectivity index (χ1v) is 6.49. The highest BCUT2D eigenvalue weighted by atomic mass is 15.2. The Morgan fingerprint density at radius 1 is 1.29 bits per heavy atom. The number of rotatable bonds is 2. The van der Waals surface area contributed by atoms with E-state index in [4.69, 9.17) is 0 Å². The number of likely N-dealkylation sites (tertiary alicyclic amines) is 1. The fraction of sp³-hybridized carbons (Fsp3) is 0.692. The predicted molar refractivity (Wildman–Crippen MR) is 72.3 cm³/mol. The zero-order valence-electron chi connectivity index (χ0n) is 11.4. The van der Waals surface area contributed by atoms with Crippen molar-refractivity contribution in [3.05, 3.63) is 18.0 Å². The molecule has 1 saturated heterocycles. The number of aryl methyl sites for hydroxylation is 1. The molecular weight excluding hydrogens is 212 g/mol. The van der Waals surface area contributed by atoms with Gasteiger partial charge in [-0.25, -0.2) is 9.97 Å². The molecule has 2 heterocycles. The summed E-state index contributed by atoms with van der Waals surface area (Å²) in [7, 11) is 2.17. The number of anilines is 1. The maximum atomic E-state index is 4.35. The van der Waals surface area contributed by atoms with Crippen molar-refractivity contribution in [2.75, 3.05) is 25.5 Å². The Bertz CT molecular complexity index is 319. The smallest absolute Gasteiger partial charge is 0.223 e. The zero-order chi connectivity index (χ0) is 12.7. The Balaban J connectivity index is 0.000000686. The highest BCUT2D eigenvalue weighted by Gasteiger charge is 2.16.